The molecule has 0 aromatic heterocycles. The van der Waals surface area contributed by atoms with Crippen molar-refractivity contribution in [3.05, 3.63) is 59.2 Å². The zero-order chi connectivity index (χ0) is 15.1. The van der Waals surface area contributed by atoms with Crippen LogP contribution in [0.15, 0.2) is 42.5 Å². The van der Waals surface area contributed by atoms with Crippen molar-refractivity contribution in [3.8, 4) is 11.1 Å². The van der Waals surface area contributed by atoms with E-state index in [1.165, 1.54) is 22.3 Å². The maximum atomic E-state index is 12.8. The number of fused-ring (bicyclic) bond motifs is 3. The fraction of sp³-hybridized carbons (Fsp3) is 0.316. The third-order valence-corrected chi connectivity index (χ3v) is 4.67. The smallest absolute Gasteiger partial charge is 0.254 e. The first-order chi connectivity index (χ1) is 10.7. The highest BCUT2D eigenvalue weighted by atomic mass is 16.5. The first-order valence-corrected chi connectivity index (χ1v) is 7.84. The number of ether oxygens (including phenoxy) is 1. The van der Waals surface area contributed by atoms with E-state index in [-0.39, 0.29) is 11.9 Å². The second-order valence-corrected chi connectivity index (χ2v) is 6.13. The molecule has 3 nitrogen and oxygen atoms in total. The van der Waals surface area contributed by atoms with Crippen LogP contribution >= 0.6 is 0 Å². The van der Waals surface area contributed by atoms with Gasteiger partial charge in [-0.25, -0.2) is 0 Å². The fourth-order valence-electron chi connectivity index (χ4n) is 3.47. The Morgan fingerprint density at radius 2 is 1.95 bits per heavy atom. The Morgan fingerprint density at radius 3 is 2.82 bits per heavy atom. The summed E-state index contributed by atoms with van der Waals surface area (Å²) < 4.78 is 5.42. The summed E-state index contributed by atoms with van der Waals surface area (Å²) in [7, 11) is 0. The summed E-state index contributed by atoms with van der Waals surface area (Å²) >= 11 is 0. The summed E-state index contributed by atoms with van der Waals surface area (Å²) in [4.78, 5) is 14.7. The van der Waals surface area contributed by atoms with E-state index < -0.39 is 0 Å². The van der Waals surface area contributed by atoms with Crippen LogP contribution in [0.4, 0.5) is 0 Å². The standard InChI is InChI=1S/C19H19NO2/c1-13-12-22-9-8-20(13)19(21)15-6-7-18-16(11-15)10-14-4-2-3-5-17(14)18/h2-7,11,13H,8-10,12H2,1H3. The Hall–Kier alpha value is -2.13. The Balaban J connectivity index is 1.65. The summed E-state index contributed by atoms with van der Waals surface area (Å²) in [6.45, 7) is 3.98. The van der Waals surface area contributed by atoms with Crippen LogP contribution in [0.25, 0.3) is 11.1 Å². The van der Waals surface area contributed by atoms with E-state index in [2.05, 4.69) is 36.4 Å². The van der Waals surface area contributed by atoms with Crippen molar-refractivity contribution in [2.45, 2.75) is 19.4 Å². The Morgan fingerprint density at radius 1 is 1.14 bits per heavy atom. The molecule has 1 fully saturated rings. The van der Waals surface area contributed by atoms with E-state index in [9.17, 15) is 4.79 Å². The van der Waals surface area contributed by atoms with Crippen molar-refractivity contribution in [2.24, 2.45) is 0 Å². The number of hydrogen-bond donors (Lipinski definition) is 0. The molecule has 1 saturated heterocycles. The number of rotatable bonds is 1. The SMILES string of the molecule is CC1COCCN1C(=O)c1ccc2c(c1)Cc1ccccc1-2. The molecule has 22 heavy (non-hydrogen) atoms. The zero-order valence-electron chi connectivity index (χ0n) is 12.7. The molecule has 1 amide bonds. The van der Waals surface area contributed by atoms with Crippen LogP contribution < -0.4 is 0 Å². The van der Waals surface area contributed by atoms with Crippen LogP contribution in [-0.2, 0) is 11.2 Å². The molecule has 0 N–H and O–H groups in total. The van der Waals surface area contributed by atoms with Gasteiger partial charge in [0.2, 0.25) is 0 Å². The van der Waals surface area contributed by atoms with E-state index in [0.717, 1.165) is 12.0 Å². The normalized spacial score (nSPS) is 19.7. The lowest BCUT2D eigenvalue weighted by Crippen LogP contribution is -2.47. The average Bonchev–Trinajstić information content (AvgIpc) is 2.92. The number of carbonyl (C=O) groups excluding carboxylic acids is 1. The van der Waals surface area contributed by atoms with Gasteiger partial charge in [0, 0.05) is 12.1 Å². The van der Waals surface area contributed by atoms with Crippen LogP contribution in [0, 0.1) is 0 Å². The van der Waals surface area contributed by atoms with Gasteiger partial charge in [-0.1, -0.05) is 30.3 Å². The summed E-state index contributed by atoms with van der Waals surface area (Å²) in [5.74, 6) is 0.120. The van der Waals surface area contributed by atoms with E-state index in [1.807, 2.05) is 17.9 Å². The Kier molecular flexibility index (Phi) is 3.23. The molecule has 0 bridgehead atoms. The minimum atomic E-state index is 0.120. The van der Waals surface area contributed by atoms with Crippen molar-refractivity contribution < 1.29 is 9.53 Å². The average molecular weight is 293 g/mol. The maximum Gasteiger partial charge on any atom is 0.254 e. The molecule has 1 aliphatic carbocycles. The van der Waals surface area contributed by atoms with Crippen molar-refractivity contribution in [1.29, 1.82) is 0 Å². The number of morpholine rings is 1. The first kappa shape index (κ1) is 13.5. The molecule has 3 heteroatoms. The number of carbonyl (C=O) groups is 1. The molecule has 1 aliphatic heterocycles. The van der Waals surface area contributed by atoms with Gasteiger partial charge in [-0.3, -0.25) is 4.79 Å². The highest BCUT2D eigenvalue weighted by Gasteiger charge is 2.26. The van der Waals surface area contributed by atoms with Crippen LogP contribution in [0.3, 0.4) is 0 Å². The van der Waals surface area contributed by atoms with Crippen molar-refractivity contribution in [2.75, 3.05) is 19.8 Å². The molecule has 2 aromatic rings. The molecular weight excluding hydrogens is 274 g/mol. The van der Waals surface area contributed by atoms with Gasteiger partial charge in [-0.05, 0) is 47.7 Å². The molecule has 2 aromatic carbocycles. The van der Waals surface area contributed by atoms with Gasteiger partial charge in [-0.15, -0.1) is 0 Å². The van der Waals surface area contributed by atoms with E-state index >= 15 is 0 Å². The van der Waals surface area contributed by atoms with Gasteiger partial charge >= 0.3 is 0 Å². The highest BCUT2D eigenvalue weighted by molar-refractivity contribution is 5.96. The molecule has 0 radical (unpaired) electrons. The summed E-state index contributed by atoms with van der Waals surface area (Å²) in [5.41, 5.74) is 5.97. The minimum absolute atomic E-state index is 0.120. The molecule has 1 atom stereocenters. The lowest BCUT2D eigenvalue weighted by Gasteiger charge is -2.33. The van der Waals surface area contributed by atoms with Crippen LogP contribution in [0.1, 0.15) is 28.4 Å². The summed E-state index contributed by atoms with van der Waals surface area (Å²) in [5, 5.41) is 0. The third-order valence-electron chi connectivity index (χ3n) is 4.67. The first-order valence-electron chi connectivity index (χ1n) is 7.84. The summed E-state index contributed by atoms with van der Waals surface area (Å²) in [6, 6.07) is 14.7. The van der Waals surface area contributed by atoms with Gasteiger partial charge in [-0.2, -0.15) is 0 Å². The predicted octanol–water partition coefficient (Wildman–Crippen LogP) is 3.12. The predicted molar refractivity (Wildman–Crippen MR) is 86.0 cm³/mol. The van der Waals surface area contributed by atoms with E-state index in [4.69, 9.17) is 4.74 Å². The molecule has 4 rings (SSSR count). The van der Waals surface area contributed by atoms with Gasteiger partial charge in [0.05, 0.1) is 19.3 Å². The topological polar surface area (TPSA) is 29.5 Å². The number of benzene rings is 2. The largest absolute Gasteiger partial charge is 0.377 e. The quantitative estimate of drug-likeness (QED) is 0.690. The lowest BCUT2D eigenvalue weighted by atomic mass is 10.0. The van der Waals surface area contributed by atoms with Crippen molar-refractivity contribution in [3.63, 3.8) is 0 Å². The van der Waals surface area contributed by atoms with Crippen LogP contribution in [-0.4, -0.2) is 36.6 Å². The van der Waals surface area contributed by atoms with Crippen molar-refractivity contribution in [1.82, 2.24) is 4.90 Å². The molecule has 0 saturated carbocycles. The molecule has 2 aliphatic rings. The van der Waals surface area contributed by atoms with Gasteiger partial charge in [0.1, 0.15) is 0 Å². The second kappa shape index (κ2) is 5.25. The van der Waals surface area contributed by atoms with E-state index in [1.54, 1.807) is 0 Å². The maximum absolute atomic E-state index is 12.8. The summed E-state index contributed by atoms with van der Waals surface area (Å²) in [6.07, 6.45) is 0.922. The number of amides is 1. The monoisotopic (exact) mass is 293 g/mol. The van der Waals surface area contributed by atoms with Gasteiger partial charge in [0.25, 0.3) is 5.91 Å². The molecular formula is C19H19NO2. The third kappa shape index (κ3) is 2.13. The number of nitrogens with zero attached hydrogens (tertiary/aromatic N) is 1. The van der Waals surface area contributed by atoms with Crippen molar-refractivity contribution >= 4 is 5.91 Å². The Labute approximate surface area is 130 Å². The minimum Gasteiger partial charge on any atom is -0.377 e. The highest BCUT2D eigenvalue weighted by Crippen LogP contribution is 2.36. The molecule has 1 heterocycles. The van der Waals surface area contributed by atoms with E-state index in [0.29, 0.717) is 19.8 Å². The molecule has 1 unspecified atom stereocenters. The number of hydrogen-bond acceptors (Lipinski definition) is 2. The fourth-order valence-corrected chi connectivity index (χ4v) is 3.47. The van der Waals surface area contributed by atoms with Crippen LogP contribution in [0.5, 0.6) is 0 Å². The van der Waals surface area contributed by atoms with Gasteiger partial charge < -0.3 is 9.64 Å². The Bertz CT molecular complexity index is 738. The van der Waals surface area contributed by atoms with Crippen LogP contribution in [0.2, 0.25) is 0 Å². The molecule has 112 valence electrons. The lowest BCUT2D eigenvalue weighted by molar-refractivity contribution is 0.00359. The second-order valence-electron chi connectivity index (χ2n) is 6.13. The zero-order valence-corrected chi connectivity index (χ0v) is 12.7. The molecule has 0 spiro atoms. The van der Waals surface area contributed by atoms with Gasteiger partial charge in [0.15, 0.2) is 0 Å².